The van der Waals surface area contributed by atoms with E-state index in [4.69, 9.17) is 17.0 Å². The molecule has 2 atom stereocenters. The van der Waals surface area contributed by atoms with Gasteiger partial charge < -0.3 is 14.7 Å². The molecule has 2 fully saturated rings. The number of halogens is 6. The molecule has 0 amide bonds. The summed E-state index contributed by atoms with van der Waals surface area (Å²) >= 11 is 5.26. The van der Waals surface area contributed by atoms with Crippen LogP contribution in [0.3, 0.4) is 0 Å². The fourth-order valence-corrected chi connectivity index (χ4v) is 6.88. The van der Waals surface area contributed by atoms with Crippen LogP contribution < -0.4 is 4.90 Å². The normalized spacial score (nSPS) is 24.4. The van der Waals surface area contributed by atoms with Gasteiger partial charge in [-0.05, 0) is 13.0 Å². The van der Waals surface area contributed by atoms with E-state index in [9.17, 15) is 39.9 Å². The zero-order valence-electron chi connectivity index (χ0n) is 21.2. The minimum absolute atomic E-state index is 0.000650. The fraction of sp³-hybridized carbons (Fsp3) is 0.609. The van der Waals surface area contributed by atoms with E-state index >= 15 is 0 Å². The first-order valence-electron chi connectivity index (χ1n) is 12.2. The predicted octanol–water partition coefficient (Wildman–Crippen LogP) is 2.54. The molecule has 1 N–H and O–H groups in total. The Balaban J connectivity index is 1.65. The van der Waals surface area contributed by atoms with E-state index in [2.05, 4.69) is 9.97 Å². The van der Waals surface area contributed by atoms with Crippen LogP contribution in [0, 0.1) is 0 Å². The lowest BCUT2D eigenvalue weighted by Crippen LogP contribution is -2.60. The van der Waals surface area contributed by atoms with E-state index < -0.39 is 39.6 Å². The molecule has 0 radical (unpaired) electrons. The van der Waals surface area contributed by atoms with E-state index in [-0.39, 0.29) is 41.4 Å². The molecule has 0 spiro atoms. The Morgan fingerprint density at radius 3 is 2.33 bits per heavy atom. The number of hydrogen-bond acceptors (Lipinski definition) is 9. The number of morpholine rings is 1. The summed E-state index contributed by atoms with van der Waals surface area (Å²) in [5, 5.41) is 9.67. The van der Waals surface area contributed by atoms with Crippen molar-refractivity contribution < 1.29 is 44.6 Å². The van der Waals surface area contributed by atoms with Crippen molar-refractivity contribution >= 4 is 33.1 Å². The van der Waals surface area contributed by atoms with Crippen molar-refractivity contribution in [2.45, 2.75) is 43.4 Å². The maximum absolute atomic E-state index is 13.5. The molecule has 0 aromatic carbocycles. The van der Waals surface area contributed by atoms with Crippen LogP contribution in [0.1, 0.15) is 18.9 Å². The molecule has 0 unspecified atom stereocenters. The molecule has 1 aromatic heterocycles. The molecule has 9 nitrogen and oxygen atoms in total. The van der Waals surface area contributed by atoms with Gasteiger partial charge in [-0.15, -0.1) is 0 Å². The highest BCUT2D eigenvalue weighted by molar-refractivity contribution is 7.96. The zero-order chi connectivity index (χ0) is 29.5. The minimum Gasteiger partial charge on any atom is -0.379 e. The first-order chi connectivity index (χ1) is 18.6. The van der Waals surface area contributed by atoms with Gasteiger partial charge in [0.05, 0.1) is 24.2 Å². The van der Waals surface area contributed by atoms with E-state index in [0.717, 1.165) is 0 Å². The molecule has 3 aliphatic rings. The van der Waals surface area contributed by atoms with Crippen molar-refractivity contribution in [2.24, 2.45) is 0 Å². The summed E-state index contributed by atoms with van der Waals surface area (Å²) < 4.78 is 113. The van der Waals surface area contributed by atoms with Crippen molar-refractivity contribution in [2.75, 3.05) is 50.8 Å². The lowest BCUT2D eigenvalue weighted by Gasteiger charge is -2.44. The van der Waals surface area contributed by atoms with Gasteiger partial charge in [-0.1, -0.05) is 24.4 Å². The number of aliphatic hydroxyl groups is 1. The highest BCUT2D eigenvalue weighted by Gasteiger charge is 2.71. The lowest BCUT2D eigenvalue weighted by atomic mass is 9.95. The van der Waals surface area contributed by atoms with Crippen molar-refractivity contribution in [3.8, 4) is 0 Å². The van der Waals surface area contributed by atoms with Gasteiger partial charge in [0.2, 0.25) is 16.0 Å². The van der Waals surface area contributed by atoms with Crippen LogP contribution in [0.5, 0.6) is 0 Å². The van der Waals surface area contributed by atoms with Crippen LogP contribution in [0.15, 0.2) is 35.5 Å². The van der Waals surface area contributed by atoms with Crippen molar-refractivity contribution in [3.63, 3.8) is 0 Å². The third kappa shape index (κ3) is 5.76. The molecule has 3 heterocycles. The third-order valence-electron chi connectivity index (χ3n) is 7.11. The number of rotatable bonds is 6. The molecule has 222 valence electrons. The Morgan fingerprint density at radius 2 is 1.75 bits per heavy atom. The molecule has 0 saturated carbocycles. The Labute approximate surface area is 232 Å². The molecule has 4 rings (SSSR count). The van der Waals surface area contributed by atoms with Crippen LogP contribution >= 0.6 is 12.2 Å². The molecule has 40 heavy (non-hydrogen) atoms. The summed E-state index contributed by atoms with van der Waals surface area (Å²) in [5.74, 6) is -0.200. The third-order valence-corrected chi connectivity index (χ3v) is 9.57. The average Bonchev–Trinajstić information content (AvgIpc) is 2.88. The van der Waals surface area contributed by atoms with Gasteiger partial charge in [-0.25, -0.2) is 18.4 Å². The van der Waals surface area contributed by atoms with E-state index in [1.807, 2.05) is 11.8 Å². The summed E-state index contributed by atoms with van der Waals surface area (Å²) in [4.78, 5) is 11.4. The van der Waals surface area contributed by atoms with Crippen LogP contribution in [0.2, 0.25) is 0 Å². The van der Waals surface area contributed by atoms with Gasteiger partial charge >= 0.3 is 12.4 Å². The van der Waals surface area contributed by atoms with Crippen LogP contribution in [0.4, 0.5) is 32.3 Å². The minimum atomic E-state index is -6.07. The highest BCUT2D eigenvalue weighted by Crippen LogP contribution is 2.49. The number of anilines is 1. The van der Waals surface area contributed by atoms with Crippen molar-refractivity contribution in [1.29, 1.82) is 0 Å². The Kier molecular flexibility index (Phi) is 8.65. The molecule has 1 aromatic rings. The average molecular weight is 616 g/mol. The second-order valence-corrected chi connectivity index (χ2v) is 12.1. The summed E-state index contributed by atoms with van der Waals surface area (Å²) in [6, 6.07) is -0.648. The molecular weight excluding hydrogens is 588 g/mol. The van der Waals surface area contributed by atoms with Gasteiger partial charge in [0.15, 0.2) is 0 Å². The Morgan fingerprint density at radius 1 is 1.10 bits per heavy atom. The van der Waals surface area contributed by atoms with E-state index in [1.54, 1.807) is 17.1 Å². The number of ether oxygens (including phenoxy) is 1. The first-order valence-corrected chi connectivity index (χ1v) is 14.1. The number of sulfonamides is 1. The van der Waals surface area contributed by atoms with Crippen LogP contribution in [0.25, 0.3) is 0 Å². The fourth-order valence-electron chi connectivity index (χ4n) is 4.81. The number of alkyl halides is 6. The quantitative estimate of drug-likeness (QED) is 0.383. The zero-order valence-corrected chi connectivity index (χ0v) is 22.8. The van der Waals surface area contributed by atoms with Gasteiger partial charge in [0.1, 0.15) is 0 Å². The summed E-state index contributed by atoms with van der Waals surface area (Å²) in [5.41, 5.74) is -6.74. The second-order valence-electron chi connectivity index (χ2n) is 9.69. The maximum atomic E-state index is 13.5. The molecule has 2 saturated heterocycles. The van der Waals surface area contributed by atoms with Crippen molar-refractivity contribution in [3.05, 3.63) is 41.1 Å². The largest absolute Gasteiger partial charge is 0.430 e. The number of nitrogens with zero attached hydrogens (tertiary/aromatic N) is 5. The summed E-state index contributed by atoms with van der Waals surface area (Å²) in [6.07, 6.45) is -6.50. The Hall–Kier alpha value is -2.18. The highest BCUT2D eigenvalue weighted by atomic mass is 32.2. The molecule has 0 bridgehead atoms. The summed E-state index contributed by atoms with van der Waals surface area (Å²) in [6.45, 7) is 3.49. The van der Waals surface area contributed by atoms with E-state index in [0.29, 0.717) is 45.1 Å². The van der Waals surface area contributed by atoms with Crippen LogP contribution in [-0.2, 0) is 20.4 Å². The van der Waals surface area contributed by atoms with Crippen molar-refractivity contribution in [1.82, 2.24) is 19.2 Å². The maximum Gasteiger partial charge on any atom is 0.430 e. The van der Waals surface area contributed by atoms with Gasteiger partial charge in [0.25, 0.3) is 5.60 Å². The SMILES string of the molecule is C[C@H]1COCCN1C[C@H]1CN(S(=O)(=O)C2=CC=CCC2=S)CCN1c1ncc(C(O)(C(F)(F)F)C(F)(F)F)cn1. The number of hydrogen-bond donors (Lipinski definition) is 1. The standard InChI is InChI=1S/C23H27F6N5O4S2/c1-15-14-38-9-8-32(15)12-17-13-33(40(36,37)19-5-3-2-4-18(19)39)6-7-34(17)20-30-10-16(11-31-20)21(35,22(24,25)26)23(27,28)29/h2-3,5,10-11,15,17,35H,4,6-9,12-14H2,1H3/t15-,17-/m0/s1. The molecular formula is C23H27F6N5O4S2. The van der Waals surface area contributed by atoms with Gasteiger partial charge in [-0.3, -0.25) is 4.90 Å². The monoisotopic (exact) mass is 615 g/mol. The summed E-state index contributed by atoms with van der Waals surface area (Å²) in [7, 11) is -3.98. The van der Waals surface area contributed by atoms with Crippen LogP contribution in [-0.4, -0.2) is 108 Å². The second kappa shape index (κ2) is 11.2. The molecule has 1 aliphatic carbocycles. The predicted molar refractivity (Wildman–Crippen MR) is 136 cm³/mol. The number of aromatic nitrogens is 2. The number of thiocarbonyl (C=S) groups is 1. The smallest absolute Gasteiger partial charge is 0.379 e. The molecule has 17 heteroatoms. The lowest BCUT2D eigenvalue weighted by molar-refractivity contribution is -0.376. The number of piperazine rings is 1. The topological polar surface area (TPSA) is 99.1 Å². The molecule has 2 aliphatic heterocycles. The number of allylic oxidation sites excluding steroid dienone is 4. The first kappa shape index (κ1) is 30.8. The van der Waals surface area contributed by atoms with Gasteiger partial charge in [0, 0.05) is 68.0 Å². The Bertz CT molecular complexity index is 1260. The van der Waals surface area contributed by atoms with Gasteiger partial charge in [-0.2, -0.15) is 30.6 Å². The van der Waals surface area contributed by atoms with E-state index in [1.165, 1.54) is 10.4 Å².